The Morgan fingerprint density at radius 3 is 2.66 bits per heavy atom. The van der Waals surface area contributed by atoms with Crippen molar-refractivity contribution in [3.8, 4) is 0 Å². The molecule has 0 bridgehead atoms. The molecule has 1 saturated carbocycles. The molecule has 2 unspecified atom stereocenters. The van der Waals surface area contributed by atoms with Crippen molar-refractivity contribution in [2.24, 2.45) is 0 Å². The van der Waals surface area contributed by atoms with Crippen LogP contribution >= 0.6 is 11.3 Å². The van der Waals surface area contributed by atoms with Crippen molar-refractivity contribution in [2.45, 2.75) is 77.2 Å². The van der Waals surface area contributed by atoms with Crippen molar-refractivity contribution in [2.75, 3.05) is 25.0 Å². The topological polar surface area (TPSA) is 95.6 Å². The van der Waals surface area contributed by atoms with Gasteiger partial charge in [0, 0.05) is 44.0 Å². The fourth-order valence-corrected chi connectivity index (χ4v) is 4.75. The van der Waals surface area contributed by atoms with Crippen LogP contribution in [0, 0.1) is 0 Å². The number of carbonyl (C=O) groups excluding carboxylic acids is 2. The Hall–Kier alpha value is -1.71. The standard InChI is InChI=1S/C20H33N5O3S/c1-14-10-25(11-15(2)28-14)12-17-13-29-20(23-17)24-18(26)8-9-21-19(27)22-16-6-4-3-5-7-16/h13-16H,3-12H2,1-2H3,(H2,21,22,27)(H,23,24,26). The summed E-state index contributed by atoms with van der Waals surface area (Å²) in [6, 6.07) is 0.0824. The second-order valence-corrected chi connectivity index (χ2v) is 8.99. The second kappa shape index (κ2) is 10.9. The van der Waals surface area contributed by atoms with Gasteiger partial charge in [-0.3, -0.25) is 9.69 Å². The third-order valence-corrected chi connectivity index (χ3v) is 6.06. The van der Waals surface area contributed by atoms with Gasteiger partial charge in [-0.15, -0.1) is 11.3 Å². The van der Waals surface area contributed by atoms with Crippen molar-refractivity contribution in [3.05, 3.63) is 11.1 Å². The summed E-state index contributed by atoms with van der Waals surface area (Å²) in [5.41, 5.74) is 0.955. The summed E-state index contributed by atoms with van der Waals surface area (Å²) < 4.78 is 5.76. The first-order valence-corrected chi connectivity index (χ1v) is 11.5. The maximum Gasteiger partial charge on any atom is 0.315 e. The molecule has 29 heavy (non-hydrogen) atoms. The van der Waals surface area contributed by atoms with Gasteiger partial charge in [-0.05, 0) is 26.7 Å². The predicted octanol–water partition coefficient (Wildman–Crippen LogP) is 2.71. The van der Waals surface area contributed by atoms with E-state index in [2.05, 4.69) is 39.7 Å². The molecule has 0 radical (unpaired) electrons. The lowest BCUT2D eigenvalue weighted by Gasteiger charge is -2.34. The average Bonchev–Trinajstić information content (AvgIpc) is 3.08. The number of morpholine rings is 1. The van der Waals surface area contributed by atoms with E-state index in [-0.39, 0.29) is 36.6 Å². The Morgan fingerprint density at radius 1 is 1.21 bits per heavy atom. The maximum atomic E-state index is 12.1. The van der Waals surface area contributed by atoms with Crippen LogP contribution in [0.5, 0.6) is 0 Å². The molecule has 9 heteroatoms. The number of thiazole rings is 1. The summed E-state index contributed by atoms with van der Waals surface area (Å²) in [5.74, 6) is -0.141. The zero-order valence-corrected chi connectivity index (χ0v) is 18.2. The lowest BCUT2D eigenvalue weighted by atomic mass is 9.96. The number of anilines is 1. The molecule has 0 spiro atoms. The molecule has 2 fully saturated rings. The number of nitrogens with one attached hydrogen (secondary N) is 3. The number of urea groups is 1. The van der Waals surface area contributed by atoms with Crippen LogP contribution in [0.2, 0.25) is 0 Å². The minimum Gasteiger partial charge on any atom is -0.373 e. The van der Waals surface area contributed by atoms with Crippen molar-refractivity contribution < 1.29 is 14.3 Å². The summed E-state index contributed by atoms with van der Waals surface area (Å²) >= 11 is 1.43. The molecule has 162 valence electrons. The number of ether oxygens (including phenoxy) is 1. The first kappa shape index (κ1) is 22.0. The maximum absolute atomic E-state index is 12.1. The number of rotatable bonds is 7. The van der Waals surface area contributed by atoms with Crippen LogP contribution in [0.25, 0.3) is 0 Å². The number of amides is 3. The molecule has 1 aliphatic heterocycles. The van der Waals surface area contributed by atoms with Gasteiger partial charge in [0.25, 0.3) is 0 Å². The van der Waals surface area contributed by atoms with Crippen molar-refractivity contribution in [1.82, 2.24) is 20.5 Å². The third kappa shape index (κ3) is 7.56. The molecule has 0 aromatic carbocycles. The fraction of sp³-hybridized carbons (Fsp3) is 0.750. The number of carbonyl (C=O) groups is 2. The molecule has 1 aromatic heterocycles. The Morgan fingerprint density at radius 2 is 1.93 bits per heavy atom. The van der Waals surface area contributed by atoms with Crippen LogP contribution in [0.15, 0.2) is 5.38 Å². The minimum atomic E-state index is -0.185. The molecule has 1 aliphatic carbocycles. The van der Waals surface area contributed by atoms with Gasteiger partial charge in [-0.1, -0.05) is 19.3 Å². The van der Waals surface area contributed by atoms with E-state index >= 15 is 0 Å². The monoisotopic (exact) mass is 423 g/mol. The zero-order chi connectivity index (χ0) is 20.6. The van der Waals surface area contributed by atoms with E-state index in [4.69, 9.17) is 4.74 Å². The van der Waals surface area contributed by atoms with Crippen molar-refractivity contribution in [3.63, 3.8) is 0 Å². The van der Waals surface area contributed by atoms with E-state index in [9.17, 15) is 9.59 Å². The van der Waals surface area contributed by atoms with E-state index in [0.29, 0.717) is 11.7 Å². The average molecular weight is 424 g/mol. The third-order valence-electron chi connectivity index (χ3n) is 5.26. The molecule has 3 rings (SSSR count). The summed E-state index contributed by atoms with van der Waals surface area (Å²) in [5, 5.41) is 11.2. The van der Waals surface area contributed by atoms with E-state index in [1.54, 1.807) is 0 Å². The van der Waals surface area contributed by atoms with E-state index in [1.165, 1.54) is 30.6 Å². The first-order chi connectivity index (χ1) is 14.0. The van der Waals surface area contributed by atoms with E-state index in [0.717, 1.165) is 38.2 Å². The Balaban J connectivity index is 1.33. The van der Waals surface area contributed by atoms with Gasteiger partial charge in [-0.2, -0.15) is 0 Å². The molecule has 2 atom stereocenters. The second-order valence-electron chi connectivity index (χ2n) is 8.13. The van der Waals surface area contributed by atoms with Gasteiger partial charge in [-0.25, -0.2) is 9.78 Å². The summed E-state index contributed by atoms with van der Waals surface area (Å²) in [7, 11) is 0. The van der Waals surface area contributed by atoms with E-state index < -0.39 is 0 Å². The smallest absolute Gasteiger partial charge is 0.315 e. The van der Waals surface area contributed by atoms with Crippen LogP contribution in [0.1, 0.15) is 58.1 Å². The summed E-state index contributed by atoms with van der Waals surface area (Å²) in [6.45, 7) is 7.01. The van der Waals surface area contributed by atoms with Crippen LogP contribution in [0.3, 0.4) is 0 Å². The van der Waals surface area contributed by atoms with Gasteiger partial charge in [0.1, 0.15) is 0 Å². The quantitative estimate of drug-likeness (QED) is 0.627. The molecule has 3 amide bonds. The number of nitrogens with zero attached hydrogens (tertiary/aromatic N) is 2. The molecule has 1 saturated heterocycles. The van der Waals surface area contributed by atoms with Gasteiger partial charge in [0.2, 0.25) is 5.91 Å². The Kier molecular flexibility index (Phi) is 8.26. The molecule has 2 heterocycles. The van der Waals surface area contributed by atoms with Crippen molar-refractivity contribution in [1.29, 1.82) is 0 Å². The lowest BCUT2D eigenvalue weighted by molar-refractivity contribution is -0.116. The highest BCUT2D eigenvalue weighted by atomic mass is 32.1. The van der Waals surface area contributed by atoms with Crippen LogP contribution in [-0.2, 0) is 16.1 Å². The number of hydrogen-bond donors (Lipinski definition) is 3. The highest BCUT2D eigenvalue weighted by Crippen LogP contribution is 2.19. The lowest BCUT2D eigenvalue weighted by Crippen LogP contribution is -2.44. The van der Waals surface area contributed by atoms with Crippen LogP contribution < -0.4 is 16.0 Å². The largest absolute Gasteiger partial charge is 0.373 e. The van der Waals surface area contributed by atoms with Gasteiger partial charge >= 0.3 is 6.03 Å². The molecular weight excluding hydrogens is 390 g/mol. The van der Waals surface area contributed by atoms with Crippen LogP contribution in [-0.4, -0.2) is 59.7 Å². The van der Waals surface area contributed by atoms with Crippen LogP contribution in [0.4, 0.5) is 9.93 Å². The minimum absolute atomic E-state index is 0.141. The number of aromatic nitrogens is 1. The Labute approximate surface area is 176 Å². The van der Waals surface area contributed by atoms with E-state index in [1.807, 2.05) is 5.38 Å². The fourth-order valence-electron chi connectivity index (χ4n) is 4.03. The SMILES string of the molecule is CC1CN(Cc2csc(NC(=O)CCNC(=O)NC3CCCCC3)n2)CC(C)O1. The Bertz CT molecular complexity index is 667. The number of hydrogen-bond acceptors (Lipinski definition) is 6. The molecule has 2 aliphatic rings. The molecule has 8 nitrogen and oxygen atoms in total. The molecular formula is C20H33N5O3S. The highest BCUT2D eigenvalue weighted by Gasteiger charge is 2.23. The predicted molar refractivity (Wildman–Crippen MR) is 114 cm³/mol. The summed E-state index contributed by atoms with van der Waals surface area (Å²) in [4.78, 5) is 30.9. The summed E-state index contributed by atoms with van der Waals surface area (Å²) in [6.07, 6.45) is 6.36. The van der Waals surface area contributed by atoms with Gasteiger partial charge < -0.3 is 20.7 Å². The zero-order valence-electron chi connectivity index (χ0n) is 17.4. The highest BCUT2D eigenvalue weighted by molar-refractivity contribution is 7.13. The van der Waals surface area contributed by atoms with Crippen molar-refractivity contribution >= 4 is 28.4 Å². The van der Waals surface area contributed by atoms with Gasteiger partial charge in [0.05, 0.1) is 17.9 Å². The molecule has 1 aromatic rings. The van der Waals surface area contributed by atoms with Gasteiger partial charge in [0.15, 0.2) is 5.13 Å². The normalized spacial score (nSPS) is 23.5. The molecule has 3 N–H and O–H groups in total. The first-order valence-electron chi connectivity index (χ1n) is 10.6.